The van der Waals surface area contributed by atoms with Gasteiger partial charge in [-0.1, -0.05) is 6.42 Å². The molecule has 2 atom stereocenters. The summed E-state index contributed by atoms with van der Waals surface area (Å²) in [6.07, 6.45) is 4.84. The summed E-state index contributed by atoms with van der Waals surface area (Å²) in [4.78, 5) is 13.5. The average molecular weight is 266 g/mol. The van der Waals surface area contributed by atoms with Crippen molar-refractivity contribution < 1.29 is 9.90 Å². The number of aromatic carboxylic acids is 1. The van der Waals surface area contributed by atoms with Crippen LogP contribution in [0.5, 0.6) is 0 Å². The summed E-state index contributed by atoms with van der Waals surface area (Å²) < 4.78 is 1.65. The first-order valence-corrected chi connectivity index (χ1v) is 6.74. The van der Waals surface area contributed by atoms with Crippen LogP contribution >= 0.6 is 0 Å². The van der Waals surface area contributed by atoms with Crippen molar-refractivity contribution in [2.24, 2.45) is 12.8 Å². The van der Waals surface area contributed by atoms with Crippen molar-refractivity contribution in [1.29, 1.82) is 0 Å². The normalized spacial score (nSPS) is 22.4. The van der Waals surface area contributed by atoms with Gasteiger partial charge in [-0.3, -0.25) is 9.58 Å². The first kappa shape index (κ1) is 14.0. The second-order valence-corrected chi connectivity index (χ2v) is 5.33. The van der Waals surface area contributed by atoms with Crippen molar-refractivity contribution in [2.75, 3.05) is 6.54 Å². The van der Waals surface area contributed by atoms with Gasteiger partial charge < -0.3 is 10.8 Å². The number of carboxylic acids is 1. The molecular weight excluding hydrogens is 244 g/mol. The van der Waals surface area contributed by atoms with Crippen LogP contribution in [0.2, 0.25) is 0 Å². The smallest absolute Gasteiger partial charge is 0.339 e. The number of piperidine rings is 1. The predicted molar refractivity (Wildman–Crippen MR) is 71.9 cm³/mol. The predicted octanol–water partition coefficient (Wildman–Crippen LogP) is 0.820. The van der Waals surface area contributed by atoms with E-state index in [1.807, 2.05) is 6.92 Å². The third-order valence-corrected chi connectivity index (χ3v) is 3.92. The van der Waals surface area contributed by atoms with Gasteiger partial charge in [0.2, 0.25) is 0 Å². The third kappa shape index (κ3) is 2.96. The van der Waals surface area contributed by atoms with E-state index in [1.165, 1.54) is 12.6 Å². The fourth-order valence-electron chi connectivity index (χ4n) is 2.83. The van der Waals surface area contributed by atoms with Crippen molar-refractivity contribution in [3.8, 4) is 0 Å². The number of aryl methyl sites for hydroxylation is 1. The van der Waals surface area contributed by atoms with Crippen LogP contribution in [-0.4, -0.2) is 44.4 Å². The lowest BCUT2D eigenvalue weighted by Gasteiger charge is -2.38. The second kappa shape index (κ2) is 5.71. The number of carbonyl (C=O) groups is 1. The summed E-state index contributed by atoms with van der Waals surface area (Å²) in [6, 6.07) is 0.423. The van der Waals surface area contributed by atoms with Gasteiger partial charge in [-0.25, -0.2) is 4.79 Å². The standard InChI is InChI=1S/C13H22N4O2/c1-9(14)11-5-3-4-6-17(11)8-12-10(13(18)19)7-15-16(12)2/h7,9,11H,3-6,8,14H2,1-2H3,(H,18,19). The van der Waals surface area contributed by atoms with E-state index in [0.717, 1.165) is 25.1 Å². The molecule has 0 bridgehead atoms. The zero-order valence-electron chi connectivity index (χ0n) is 11.5. The Labute approximate surface area is 113 Å². The van der Waals surface area contributed by atoms with E-state index in [-0.39, 0.29) is 11.6 Å². The fourth-order valence-corrected chi connectivity index (χ4v) is 2.83. The highest BCUT2D eigenvalue weighted by Crippen LogP contribution is 2.22. The molecule has 2 rings (SSSR count). The third-order valence-electron chi connectivity index (χ3n) is 3.92. The Morgan fingerprint density at radius 2 is 2.37 bits per heavy atom. The second-order valence-electron chi connectivity index (χ2n) is 5.33. The molecule has 2 unspecified atom stereocenters. The van der Waals surface area contributed by atoms with Crippen molar-refractivity contribution in [1.82, 2.24) is 14.7 Å². The van der Waals surface area contributed by atoms with Crippen molar-refractivity contribution in [2.45, 2.75) is 44.8 Å². The maximum absolute atomic E-state index is 11.2. The molecular formula is C13H22N4O2. The fraction of sp³-hybridized carbons (Fsp3) is 0.692. The van der Waals surface area contributed by atoms with Crippen LogP contribution in [0, 0.1) is 0 Å². The van der Waals surface area contributed by atoms with Crippen molar-refractivity contribution in [3.63, 3.8) is 0 Å². The largest absolute Gasteiger partial charge is 0.478 e. The highest BCUT2D eigenvalue weighted by atomic mass is 16.4. The Bertz CT molecular complexity index is 455. The van der Waals surface area contributed by atoms with E-state index in [9.17, 15) is 9.90 Å². The molecule has 6 heteroatoms. The Hall–Kier alpha value is -1.40. The molecule has 3 N–H and O–H groups in total. The number of hydrogen-bond donors (Lipinski definition) is 2. The van der Waals surface area contributed by atoms with E-state index >= 15 is 0 Å². The molecule has 0 aromatic carbocycles. The number of rotatable bonds is 4. The van der Waals surface area contributed by atoms with E-state index in [1.54, 1.807) is 11.7 Å². The Kier molecular flexibility index (Phi) is 4.21. The van der Waals surface area contributed by atoms with Crippen LogP contribution in [0.4, 0.5) is 0 Å². The molecule has 19 heavy (non-hydrogen) atoms. The van der Waals surface area contributed by atoms with E-state index < -0.39 is 5.97 Å². The Morgan fingerprint density at radius 1 is 1.63 bits per heavy atom. The lowest BCUT2D eigenvalue weighted by molar-refractivity contribution is 0.0690. The topological polar surface area (TPSA) is 84.4 Å². The van der Waals surface area contributed by atoms with Gasteiger partial charge in [0.25, 0.3) is 0 Å². The number of carboxylic acid groups (broad SMARTS) is 1. The summed E-state index contributed by atoms with van der Waals surface area (Å²) in [7, 11) is 1.78. The maximum atomic E-state index is 11.2. The van der Waals surface area contributed by atoms with E-state index in [0.29, 0.717) is 12.6 Å². The monoisotopic (exact) mass is 266 g/mol. The van der Waals surface area contributed by atoms with Gasteiger partial charge in [0.05, 0.1) is 11.9 Å². The van der Waals surface area contributed by atoms with Gasteiger partial charge in [-0.15, -0.1) is 0 Å². The highest BCUT2D eigenvalue weighted by Gasteiger charge is 2.27. The van der Waals surface area contributed by atoms with Gasteiger partial charge in [-0.05, 0) is 26.3 Å². The van der Waals surface area contributed by atoms with Crippen LogP contribution in [-0.2, 0) is 13.6 Å². The summed E-state index contributed by atoms with van der Waals surface area (Å²) in [5.41, 5.74) is 7.08. The van der Waals surface area contributed by atoms with Crippen LogP contribution < -0.4 is 5.73 Å². The number of likely N-dealkylation sites (tertiary alicyclic amines) is 1. The molecule has 1 aromatic rings. The maximum Gasteiger partial charge on any atom is 0.339 e. The van der Waals surface area contributed by atoms with Crippen LogP contribution in [0.25, 0.3) is 0 Å². The molecule has 0 radical (unpaired) electrons. The molecule has 106 valence electrons. The minimum atomic E-state index is -0.919. The first-order valence-electron chi connectivity index (χ1n) is 6.74. The zero-order valence-corrected chi connectivity index (χ0v) is 11.5. The van der Waals surface area contributed by atoms with Crippen molar-refractivity contribution in [3.05, 3.63) is 17.5 Å². The average Bonchev–Trinajstić information content (AvgIpc) is 2.72. The molecule has 0 amide bonds. The molecule has 1 saturated heterocycles. The van der Waals surface area contributed by atoms with E-state index in [2.05, 4.69) is 10.00 Å². The number of aromatic nitrogens is 2. The minimum absolute atomic E-state index is 0.0989. The van der Waals surface area contributed by atoms with Crippen LogP contribution in [0.15, 0.2) is 6.20 Å². The summed E-state index contributed by atoms with van der Waals surface area (Å²) in [5, 5.41) is 13.2. The van der Waals surface area contributed by atoms with Gasteiger partial charge in [0.15, 0.2) is 0 Å². The molecule has 1 fully saturated rings. The first-order chi connectivity index (χ1) is 9.00. The minimum Gasteiger partial charge on any atom is -0.478 e. The lowest BCUT2D eigenvalue weighted by Crippen LogP contribution is -2.48. The molecule has 6 nitrogen and oxygen atoms in total. The summed E-state index contributed by atoms with van der Waals surface area (Å²) >= 11 is 0. The lowest BCUT2D eigenvalue weighted by atomic mass is 9.96. The van der Waals surface area contributed by atoms with Crippen LogP contribution in [0.3, 0.4) is 0 Å². The molecule has 0 saturated carbocycles. The summed E-state index contributed by atoms with van der Waals surface area (Å²) in [6.45, 7) is 3.59. The molecule has 0 aliphatic carbocycles. The van der Waals surface area contributed by atoms with Gasteiger partial charge in [0.1, 0.15) is 5.56 Å². The molecule has 1 aliphatic heterocycles. The quantitative estimate of drug-likeness (QED) is 0.843. The number of nitrogens with two attached hydrogens (primary N) is 1. The summed E-state index contributed by atoms with van der Waals surface area (Å²) in [5.74, 6) is -0.919. The van der Waals surface area contributed by atoms with Crippen molar-refractivity contribution >= 4 is 5.97 Å². The molecule has 2 heterocycles. The number of nitrogens with zero attached hydrogens (tertiary/aromatic N) is 3. The molecule has 1 aromatic heterocycles. The van der Waals surface area contributed by atoms with Gasteiger partial charge in [-0.2, -0.15) is 5.10 Å². The van der Waals surface area contributed by atoms with Gasteiger partial charge >= 0.3 is 5.97 Å². The molecule has 1 aliphatic rings. The van der Waals surface area contributed by atoms with Gasteiger partial charge in [0, 0.05) is 25.7 Å². The SMILES string of the molecule is CC(N)C1CCCCN1Cc1c(C(=O)O)cnn1C. The zero-order chi connectivity index (χ0) is 14.0. The van der Waals surface area contributed by atoms with Crippen LogP contribution in [0.1, 0.15) is 42.2 Å². The van der Waals surface area contributed by atoms with E-state index in [4.69, 9.17) is 5.73 Å². The Morgan fingerprint density at radius 3 is 3.00 bits per heavy atom. The molecule has 0 spiro atoms. The highest BCUT2D eigenvalue weighted by molar-refractivity contribution is 5.88. The Balaban J connectivity index is 2.19. The number of hydrogen-bond acceptors (Lipinski definition) is 4.